The number of likely N-dealkylation sites (tertiary alicyclic amines) is 1. The number of anilines is 1. The predicted molar refractivity (Wildman–Crippen MR) is 128 cm³/mol. The first-order valence-corrected chi connectivity index (χ1v) is 12.4. The standard InChI is InChI=1S/C26H36N4O3/c1-5-33-26(32)28-24-22-16-19(27-4)8-11-23(22)30(25(24)31)21-12-14-29(15-13-21)20-9-6-18(7-10-20)17(2)3/h8,11,16-18,20-21,24H,5-7,9-10,12-15H2,1-3H3,(H,28,32). The zero-order valence-corrected chi connectivity index (χ0v) is 20.0. The second-order valence-corrected chi connectivity index (χ2v) is 9.94. The molecule has 1 aliphatic carbocycles. The summed E-state index contributed by atoms with van der Waals surface area (Å²) in [6.07, 6.45) is 6.45. The Bertz CT molecular complexity index is 909. The normalized spacial score (nSPS) is 26.2. The minimum Gasteiger partial charge on any atom is -0.450 e. The summed E-state index contributed by atoms with van der Waals surface area (Å²) in [6, 6.07) is 5.30. The summed E-state index contributed by atoms with van der Waals surface area (Å²) in [7, 11) is 0. The molecule has 0 bridgehead atoms. The Balaban J connectivity index is 1.44. The fourth-order valence-electron chi connectivity index (χ4n) is 5.90. The third-order valence-electron chi connectivity index (χ3n) is 7.80. The monoisotopic (exact) mass is 452 g/mol. The number of hydrogen-bond donors (Lipinski definition) is 1. The molecule has 2 aliphatic heterocycles. The van der Waals surface area contributed by atoms with Gasteiger partial charge in [-0.25, -0.2) is 9.64 Å². The lowest BCUT2D eigenvalue weighted by atomic mass is 9.79. The number of fused-ring (bicyclic) bond motifs is 1. The van der Waals surface area contributed by atoms with Crippen LogP contribution in [0.2, 0.25) is 0 Å². The van der Waals surface area contributed by atoms with Gasteiger partial charge in [0.1, 0.15) is 6.04 Å². The Labute approximate surface area is 197 Å². The number of carbonyl (C=O) groups is 2. The van der Waals surface area contributed by atoms with E-state index in [0.29, 0.717) is 17.3 Å². The van der Waals surface area contributed by atoms with Crippen LogP contribution in [0.1, 0.15) is 70.9 Å². The Morgan fingerprint density at radius 1 is 1.15 bits per heavy atom. The highest BCUT2D eigenvalue weighted by molar-refractivity contribution is 6.06. The molecule has 2 heterocycles. The SMILES string of the molecule is [C-]#[N+]c1ccc2c(c1)C(NC(=O)OCC)C(=O)N2C1CCN(C2CCC(C(C)C)CC2)CC1. The average Bonchev–Trinajstić information content (AvgIpc) is 3.09. The van der Waals surface area contributed by atoms with Crippen molar-refractivity contribution < 1.29 is 14.3 Å². The van der Waals surface area contributed by atoms with E-state index in [1.165, 1.54) is 25.7 Å². The van der Waals surface area contributed by atoms with Crippen molar-refractivity contribution >= 4 is 23.4 Å². The van der Waals surface area contributed by atoms with Crippen molar-refractivity contribution in [2.24, 2.45) is 11.8 Å². The molecule has 4 rings (SSSR count). The highest BCUT2D eigenvalue weighted by Gasteiger charge is 2.43. The van der Waals surface area contributed by atoms with Crippen LogP contribution in [0.3, 0.4) is 0 Å². The number of nitrogens with zero attached hydrogens (tertiary/aromatic N) is 3. The van der Waals surface area contributed by atoms with Gasteiger partial charge in [-0.3, -0.25) is 4.79 Å². The van der Waals surface area contributed by atoms with Crippen LogP contribution in [0.5, 0.6) is 0 Å². The molecule has 2 fully saturated rings. The molecule has 0 spiro atoms. The van der Waals surface area contributed by atoms with E-state index in [0.717, 1.165) is 43.5 Å². The Morgan fingerprint density at radius 3 is 2.45 bits per heavy atom. The van der Waals surface area contributed by atoms with Gasteiger partial charge in [0.15, 0.2) is 5.69 Å². The Hall–Kier alpha value is -2.59. The summed E-state index contributed by atoms with van der Waals surface area (Å²) < 4.78 is 5.02. The van der Waals surface area contributed by atoms with Crippen molar-refractivity contribution in [3.63, 3.8) is 0 Å². The van der Waals surface area contributed by atoms with E-state index >= 15 is 0 Å². The highest BCUT2D eigenvalue weighted by atomic mass is 16.5. The van der Waals surface area contributed by atoms with E-state index in [1.807, 2.05) is 11.0 Å². The Kier molecular flexibility index (Phi) is 7.23. The summed E-state index contributed by atoms with van der Waals surface area (Å²) >= 11 is 0. The van der Waals surface area contributed by atoms with Crippen LogP contribution in [0.15, 0.2) is 18.2 Å². The number of carbonyl (C=O) groups excluding carboxylic acids is 2. The van der Waals surface area contributed by atoms with Crippen LogP contribution in [-0.4, -0.2) is 48.7 Å². The third-order valence-corrected chi connectivity index (χ3v) is 7.80. The lowest BCUT2D eigenvalue weighted by Crippen LogP contribution is -2.51. The van der Waals surface area contributed by atoms with Gasteiger partial charge in [0.25, 0.3) is 5.91 Å². The zero-order chi connectivity index (χ0) is 23.5. The second-order valence-electron chi connectivity index (χ2n) is 9.94. The molecule has 7 nitrogen and oxygen atoms in total. The van der Waals surface area contributed by atoms with Crippen molar-refractivity contribution in [2.45, 2.75) is 77.4 Å². The summed E-state index contributed by atoms with van der Waals surface area (Å²) in [4.78, 5) is 33.6. The van der Waals surface area contributed by atoms with E-state index in [2.05, 4.69) is 28.9 Å². The maximum Gasteiger partial charge on any atom is 0.408 e. The molecule has 7 heteroatoms. The number of nitrogens with one attached hydrogen (secondary N) is 1. The van der Waals surface area contributed by atoms with Gasteiger partial charge in [-0.2, -0.15) is 0 Å². The van der Waals surface area contributed by atoms with Gasteiger partial charge >= 0.3 is 6.09 Å². The highest BCUT2D eigenvalue weighted by Crippen LogP contribution is 2.42. The van der Waals surface area contributed by atoms with E-state index < -0.39 is 12.1 Å². The minimum absolute atomic E-state index is 0.104. The molecule has 1 atom stereocenters. The molecule has 1 saturated carbocycles. The molecule has 33 heavy (non-hydrogen) atoms. The van der Waals surface area contributed by atoms with E-state index in [9.17, 15) is 9.59 Å². The summed E-state index contributed by atoms with van der Waals surface area (Å²) in [5, 5.41) is 2.71. The molecule has 1 aromatic carbocycles. The third kappa shape index (κ3) is 4.86. The van der Waals surface area contributed by atoms with Gasteiger partial charge in [0, 0.05) is 30.9 Å². The molecule has 0 radical (unpaired) electrons. The first kappa shape index (κ1) is 23.6. The first-order chi connectivity index (χ1) is 15.9. The number of alkyl carbamates (subject to hydrolysis) is 1. The molecule has 1 aromatic rings. The van der Waals surface area contributed by atoms with Gasteiger partial charge in [-0.1, -0.05) is 19.9 Å². The van der Waals surface area contributed by atoms with E-state index in [1.54, 1.807) is 19.1 Å². The van der Waals surface area contributed by atoms with Crippen LogP contribution in [-0.2, 0) is 9.53 Å². The lowest BCUT2D eigenvalue weighted by molar-refractivity contribution is -0.120. The van der Waals surface area contributed by atoms with Gasteiger partial charge in [-0.05, 0) is 75.0 Å². The largest absolute Gasteiger partial charge is 0.450 e. The zero-order valence-electron chi connectivity index (χ0n) is 20.0. The average molecular weight is 453 g/mol. The smallest absolute Gasteiger partial charge is 0.408 e. The number of ether oxygens (including phenoxy) is 1. The fourth-order valence-corrected chi connectivity index (χ4v) is 5.90. The molecular formula is C26H36N4O3. The molecule has 0 aromatic heterocycles. The van der Waals surface area contributed by atoms with Gasteiger partial charge in [0.05, 0.1) is 13.2 Å². The van der Waals surface area contributed by atoms with Crippen molar-refractivity contribution in [3.05, 3.63) is 35.2 Å². The maximum absolute atomic E-state index is 13.4. The van der Waals surface area contributed by atoms with Crippen LogP contribution in [0.25, 0.3) is 4.85 Å². The molecule has 178 valence electrons. The topological polar surface area (TPSA) is 66.2 Å². The number of hydrogen-bond acceptors (Lipinski definition) is 4. The van der Waals surface area contributed by atoms with Crippen molar-refractivity contribution in [2.75, 3.05) is 24.6 Å². The molecule has 2 amide bonds. The van der Waals surface area contributed by atoms with Gasteiger partial charge in [0.2, 0.25) is 0 Å². The summed E-state index contributed by atoms with van der Waals surface area (Å²) in [5.41, 5.74) is 1.96. The summed E-state index contributed by atoms with van der Waals surface area (Å²) in [6.45, 7) is 16.0. The Morgan fingerprint density at radius 2 is 1.85 bits per heavy atom. The number of amides is 2. The van der Waals surface area contributed by atoms with Gasteiger partial charge < -0.3 is 19.9 Å². The number of rotatable bonds is 5. The van der Waals surface area contributed by atoms with Crippen molar-refractivity contribution in [1.82, 2.24) is 10.2 Å². The number of benzene rings is 1. The maximum atomic E-state index is 13.4. The van der Waals surface area contributed by atoms with Crippen molar-refractivity contribution in [1.29, 1.82) is 0 Å². The quantitative estimate of drug-likeness (QED) is 0.635. The first-order valence-electron chi connectivity index (χ1n) is 12.4. The lowest BCUT2D eigenvalue weighted by Gasteiger charge is -2.43. The fraction of sp³-hybridized carbons (Fsp3) is 0.654. The van der Waals surface area contributed by atoms with Crippen LogP contribution in [0, 0.1) is 18.4 Å². The predicted octanol–water partition coefficient (Wildman–Crippen LogP) is 5.05. The molecule has 1 N–H and O–H groups in total. The molecule has 1 saturated heterocycles. The van der Waals surface area contributed by atoms with E-state index in [-0.39, 0.29) is 18.6 Å². The summed E-state index contributed by atoms with van der Waals surface area (Å²) in [5.74, 6) is 1.51. The van der Waals surface area contributed by atoms with Crippen LogP contribution >= 0.6 is 0 Å². The van der Waals surface area contributed by atoms with Crippen LogP contribution in [0.4, 0.5) is 16.2 Å². The van der Waals surface area contributed by atoms with Crippen molar-refractivity contribution in [3.8, 4) is 0 Å². The molecular weight excluding hydrogens is 416 g/mol. The minimum atomic E-state index is -0.801. The van der Waals surface area contributed by atoms with Crippen LogP contribution < -0.4 is 10.2 Å². The van der Waals surface area contributed by atoms with Gasteiger partial charge in [-0.15, -0.1) is 0 Å². The number of piperidine rings is 1. The van der Waals surface area contributed by atoms with E-state index in [4.69, 9.17) is 11.3 Å². The second kappa shape index (κ2) is 10.1. The molecule has 3 aliphatic rings. The molecule has 1 unspecified atom stereocenters.